The van der Waals surface area contributed by atoms with Crippen molar-refractivity contribution >= 4 is 38.4 Å². The first-order valence-electron chi connectivity index (χ1n) is 8.85. The molecule has 146 valence electrons. The Morgan fingerprint density at radius 2 is 2.04 bits per heavy atom. The van der Waals surface area contributed by atoms with Crippen LogP contribution < -0.4 is 21.5 Å². The number of hydrogen-bond acceptors (Lipinski definition) is 6. The monoisotopic (exact) mass is 403 g/mol. The van der Waals surface area contributed by atoms with Gasteiger partial charge >= 0.3 is 5.69 Å². The van der Waals surface area contributed by atoms with E-state index in [1.165, 1.54) is 41.2 Å². The van der Waals surface area contributed by atoms with Gasteiger partial charge < -0.3 is 10.2 Å². The van der Waals surface area contributed by atoms with Crippen molar-refractivity contribution in [2.45, 2.75) is 19.4 Å². The summed E-state index contributed by atoms with van der Waals surface area (Å²) >= 11 is 1.23. The quantitative estimate of drug-likeness (QED) is 0.714. The van der Waals surface area contributed by atoms with Crippen molar-refractivity contribution in [3.8, 4) is 0 Å². The Bertz CT molecular complexity index is 1180. The Morgan fingerprint density at radius 3 is 2.75 bits per heavy atom. The molecule has 0 saturated carbocycles. The highest BCUT2D eigenvalue weighted by atomic mass is 32.1. The normalized spacial score (nSPS) is 14.0. The van der Waals surface area contributed by atoms with Gasteiger partial charge in [-0.1, -0.05) is 17.4 Å². The SMILES string of the molecule is Cn1c(=O)c2sc(N3CCCC3)nc2n(CC(=O)Nc2cccc(F)c2)c1=O. The van der Waals surface area contributed by atoms with Gasteiger partial charge in [-0.25, -0.2) is 14.2 Å². The summed E-state index contributed by atoms with van der Waals surface area (Å²) in [5, 5.41) is 3.23. The van der Waals surface area contributed by atoms with Gasteiger partial charge in [0.25, 0.3) is 5.56 Å². The number of fused-ring (bicyclic) bond motifs is 1. The molecule has 4 rings (SSSR count). The molecule has 1 amide bonds. The standard InChI is InChI=1S/C18H18FN5O3S/c1-22-16(26)14-15(21-17(28-14)23-7-2-3-8-23)24(18(22)27)10-13(25)20-12-6-4-5-11(19)9-12/h4-6,9H,2-3,7-8,10H2,1H3,(H,20,25). The molecular formula is C18H18FN5O3S. The molecule has 1 aliphatic rings. The van der Waals surface area contributed by atoms with Crippen LogP contribution >= 0.6 is 11.3 Å². The molecule has 0 atom stereocenters. The Morgan fingerprint density at radius 1 is 1.29 bits per heavy atom. The lowest BCUT2D eigenvalue weighted by Crippen LogP contribution is -2.39. The van der Waals surface area contributed by atoms with Gasteiger partial charge in [0.1, 0.15) is 17.1 Å². The fourth-order valence-corrected chi connectivity index (χ4v) is 4.33. The molecule has 28 heavy (non-hydrogen) atoms. The second-order valence-corrected chi connectivity index (χ2v) is 7.61. The average Bonchev–Trinajstić information content (AvgIpc) is 3.33. The second-order valence-electron chi connectivity index (χ2n) is 6.63. The Kier molecular flexibility index (Phi) is 4.71. The molecule has 0 radical (unpaired) electrons. The number of hydrogen-bond donors (Lipinski definition) is 1. The van der Waals surface area contributed by atoms with E-state index in [0.29, 0.717) is 9.83 Å². The lowest BCUT2D eigenvalue weighted by Gasteiger charge is -2.12. The van der Waals surface area contributed by atoms with Gasteiger partial charge in [0, 0.05) is 25.8 Å². The largest absolute Gasteiger partial charge is 0.348 e. The van der Waals surface area contributed by atoms with Crippen LogP contribution in [0.2, 0.25) is 0 Å². The van der Waals surface area contributed by atoms with Crippen LogP contribution in [0, 0.1) is 5.82 Å². The number of carbonyl (C=O) groups is 1. The first-order chi connectivity index (χ1) is 13.4. The fourth-order valence-electron chi connectivity index (χ4n) is 3.23. The maximum atomic E-state index is 13.3. The van der Waals surface area contributed by atoms with E-state index in [1.54, 1.807) is 6.07 Å². The second kappa shape index (κ2) is 7.19. The van der Waals surface area contributed by atoms with Gasteiger partial charge in [-0.15, -0.1) is 0 Å². The number of aromatic nitrogens is 3. The smallest absolute Gasteiger partial charge is 0.332 e. The summed E-state index contributed by atoms with van der Waals surface area (Å²) in [6.07, 6.45) is 2.10. The van der Waals surface area contributed by atoms with Crippen molar-refractivity contribution in [2.75, 3.05) is 23.3 Å². The number of nitrogens with zero attached hydrogens (tertiary/aromatic N) is 4. The summed E-state index contributed by atoms with van der Waals surface area (Å²) < 4.78 is 15.8. The summed E-state index contributed by atoms with van der Waals surface area (Å²) in [6, 6.07) is 5.48. The first kappa shape index (κ1) is 18.4. The van der Waals surface area contributed by atoms with Crippen LogP contribution in [0.4, 0.5) is 15.2 Å². The zero-order chi connectivity index (χ0) is 19.8. The minimum Gasteiger partial charge on any atom is -0.348 e. The number of rotatable bonds is 4. The number of thiazole rings is 1. The molecule has 1 fully saturated rings. The number of benzene rings is 1. The van der Waals surface area contributed by atoms with E-state index >= 15 is 0 Å². The van der Waals surface area contributed by atoms with Crippen LogP contribution in [-0.2, 0) is 18.4 Å². The first-order valence-corrected chi connectivity index (χ1v) is 9.66. The maximum absolute atomic E-state index is 13.3. The van der Waals surface area contributed by atoms with Gasteiger partial charge in [0.15, 0.2) is 10.8 Å². The van der Waals surface area contributed by atoms with Crippen LogP contribution in [0.3, 0.4) is 0 Å². The van der Waals surface area contributed by atoms with E-state index in [2.05, 4.69) is 15.2 Å². The molecule has 0 spiro atoms. The van der Waals surface area contributed by atoms with Crippen molar-refractivity contribution in [2.24, 2.45) is 7.05 Å². The highest BCUT2D eigenvalue weighted by Gasteiger charge is 2.22. The summed E-state index contributed by atoms with van der Waals surface area (Å²) in [5.41, 5.74) is -0.556. The summed E-state index contributed by atoms with van der Waals surface area (Å²) in [6.45, 7) is 1.37. The van der Waals surface area contributed by atoms with E-state index in [-0.39, 0.29) is 17.9 Å². The van der Waals surface area contributed by atoms with Crippen molar-refractivity contribution < 1.29 is 9.18 Å². The Labute approximate surface area is 162 Å². The highest BCUT2D eigenvalue weighted by molar-refractivity contribution is 7.22. The molecule has 0 bridgehead atoms. The van der Waals surface area contributed by atoms with E-state index < -0.39 is 23.0 Å². The molecule has 3 aromatic rings. The zero-order valence-corrected chi connectivity index (χ0v) is 16.0. The third-order valence-corrected chi connectivity index (χ3v) is 5.75. The van der Waals surface area contributed by atoms with Crippen molar-refractivity contribution in [1.29, 1.82) is 0 Å². The summed E-state index contributed by atoms with van der Waals surface area (Å²) in [7, 11) is 1.38. The molecule has 1 aliphatic heterocycles. The molecule has 3 heterocycles. The van der Waals surface area contributed by atoms with Gasteiger partial charge in [0.05, 0.1) is 0 Å². The molecule has 8 nitrogen and oxygen atoms in total. The van der Waals surface area contributed by atoms with Crippen LogP contribution in [0.15, 0.2) is 33.9 Å². The predicted octanol–water partition coefficient (Wildman–Crippen LogP) is 1.53. The van der Waals surface area contributed by atoms with Crippen LogP contribution in [-0.4, -0.2) is 33.1 Å². The Balaban J connectivity index is 1.72. The fraction of sp³-hybridized carbons (Fsp3) is 0.333. The number of amides is 1. The minimum atomic E-state index is -0.620. The maximum Gasteiger partial charge on any atom is 0.332 e. The predicted molar refractivity (Wildman–Crippen MR) is 106 cm³/mol. The number of anilines is 2. The van der Waals surface area contributed by atoms with Crippen LogP contribution in [0.25, 0.3) is 10.3 Å². The van der Waals surface area contributed by atoms with E-state index in [1.807, 2.05) is 0 Å². The molecule has 1 saturated heterocycles. The van der Waals surface area contributed by atoms with Crippen LogP contribution in [0.5, 0.6) is 0 Å². The molecule has 0 aliphatic carbocycles. The molecule has 10 heteroatoms. The lowest BCUT2D eigenvalue weighted by molar-refractivity contribution is -0.116. The number of halogens is 1. The summed E-state index contributed by atoms with van der Waals surface area (Å²) in [4.78, 5) is 44.1. The van der Waals surface area contributed by atoms with E-state index in [9.17, 15) is 18.8 Å². The van der Waals surface area contributed by atoms with Crippen LogP contribution in [0.1, 0.15) is 12.8 Å². The average molecular weight is 403 g/mol. The van der Waals surface area contributed by atoms with Gasteiger partial charge in [0.2, 0.25) is 5.91 Å². The van der Waals surface area contributed by atoms with Gasteiger partial charge in [-0.3, -0.25) is 18.7 Å². The minimum absolute atomic E-state index is 0.203. The molecular weight excluding hydrogens is 385 g/mol. The zero-order valence-electron chi connectivity index (χ0n) is 15.1. The van der Waals surface area contributed by atoms with Crippen molar-refractivity contribution in [1.82, 2.24) is 14.1 Å². The van der Waals surface area contributed by atoms with E-state index in [0.717, 1.165) is 30.5 Å². The topological polar surface area (TPSA) is 89.2 Å². The molecule has 0 unspecified atom stereocenters. The third kappa shape index (κ3) is 3.31. The van der Waals surface area contributed by atoms with Gasteiger partial charge in [-0.05, 0) is 31.0 Å². The number of nitrogens with one attached hydrogen (secondary N) is 1. The van der Waals surface area contributed by atoms with Crippen molar-refractivity contribution in [3.05, 3.63) is 50.9 Å². The van der Waals surface area contributed by atoms with Crippen molar-refractivity contribution in [3.63, 3.8) is 0 Å². The highest BCUT2D eigenvalue weighted by Crippen LogP contribution is 2.28. The van der Waals surface area contributed by atoms with E-state index in [4.69, 9.17) is 0 Å². The molecule has 2 aromatic heterocycles. The third-order valence-electron chi connectivity index (χ3n) is 4.66. The lowest BCUT2D eigenvalue weighted by atomic mass is 10.3. The Hall–Kier alpha value is -3.01. The molecule has 1 N–H and O–H groups in total. The molecule has 1 aromatic carbocycles. The number of carbonyl (C=O) groups excluding carboxylic acids is 1. The van der Waals surface area contributed by atoms with Gasteiger partial charge in [-0.2, -0.15) is 0 Å². The summed E-state index contributed by atoms with van der Waals surface area (Å²) in [5.74, 6) is -0.988.